The van der Waals surface area contributed by atoms with Crippen LogP contribution in [0, 0.1) is 0 Å². The topological polar surface area (TPSA) is 94.7 Å². The Bertz CT molecular complexity index is 897. The van der Waals surface area contributed by atoms with E-state index in [-0.39, 0.29) is 12.2 Å². The summed E-state index contributed by atoms with van der Waals surface area (Å²) in [6.45, 7) is 0.148. The average Bonchev–Trinajstić information content (AvgIpc) is 3.13. The molecule has 0 fully saturated rings. The Morgan fingerprint density at radius 1 is 1.15 bits per heavy atom. The van der Waals surface area contributed by atoms with Gasteiger partial charge in [-0.1, -0.05) is 30.0 Å². The van der Waals surface area contributed by atoms with E-state index in [2.05, 4.69) is 10.2 Å². The molecular formula is C18H16N2O5S. The van der Waals surface area contributed by atoms with E-state index < -0.39 is 5.97 Å². The van der Waals surface area contributed by atoms with Gasteiger partial charge in [-0.05, 0) is 29.8 Å². The molecule has 0 aliphatic rings. The first-order valence-electron chi connectivity index (χ1n) is 7.68. The molecule has 3 aromatic rings. The maximum Gasteiger partial charge on any atom is 0.335 e. The van der Waals surface area contributed by atoms with Gasteiger partial charge in [-0.25, -0.2) is 4.79 Å². The molecule has 134 valence electrons. The minimum Gasteiger partial charge on any atom is -0.497 e. The number of carboxylic acid groups (broad SMARTS) is 1. The summed E-state index contributed by atoms with van der Waals surface area (Å²) in [5, 5.41) is 17.3. The third-order valence-corrected chi connectivity index (χ3v) is 4.28. The van der Waals surface area contributed by atoms with E-state index in [1.54, 1.807) is 31.4 Å². The number of benzene rings is 2. The predicted octanol–water partition coefficient (Wildman–Crippen LogP) is 3.65. The van der Waals surface area contributed by atoms with Crippen LogP contribution >= 0.6 is 11.8 Å². The molecule has 7 nitrogen and oxygen atoms in total. The number of rotatable bonds is 8. The molecule has 0 saturated carbocycles. The molecule has 1 aromatic heterocycles. The summed E-state index contributed by atoms with van der Waals surface area (Å²) in [5.74, 6) is 1.27. The summed E-state index contributed by atoms with van der Waals surface area (Å²) in [6, 6.07) is 14.0. The van der Waals surface area contributed by atoms with E-state index in [0.29, 0.717) is 28.4 Å². The van der Waals surface area contributed by atoms with Crippen LogP contribution in [0.3, 0.4) is 0 Å². The fraction of sp³-hybridized carbons (Fsp3) is 0.167. The summed E-state index contributed by atoms with van der Waals surface area (Å²) in [7, 11) is 1.59. The zero-order valence-corrected chi connectivity index (χ0v) is 14.7. The first kappa shape index (κ1) is 17.8. The number of carbonyl (C=O) groups is 1. The fourth-order valence-electron chi connectivity index (χ4n) is 2.13. The van der Waals surface area contributed by atoms with Crippen molar-refractivity contribution in [1.82, 2.24) is 10.2 Å². The minimum absolute atomic E-state index is 0.148. The van der Waals surface area contributed by atoms with Crippen LogP contribution in [0.4, 0.5) is 0 Å². The van der Waals surface area contributed by atoms with Crippen molar-refractivity contribution in [3.63, 3.8) is 0 Å². The van der Waals surface area contributed by atoms with Crippen LogP contribution in [-0.4, -0.2) is 28.4 Å². The Labute approximate surface area is 154 Å². The second-order valence-electron chi connectivity index (χ2n) is 5.22. The molecule has 26 heavy (non-hydrogen) atoms. The van der Waals surface area contributed by atoms with Gasteiger partial charge >= 0.3 is 5.97 Å². The zero-order chi connectivity index (χ0) is 18.4. The Balaban J connectivity index is 1.54. The van der Waals surface area contributed by atoms with Gasteiger partial charge in [0, 0.05) is 11.8 Å². The summed E-state index contributed by atoms with van der Waals surface area (Å²) in [5.41, 5.74) is 1.11. The lowest BCUT2D eigenvalue weighted by Gasteiger charge is -2.05. The first-order chi connectivity index (χ1) is 12.6. The lowest BCUT2D eigenvalue weighted by Crippen LogP contribution is -1.96. The van der Waals surface area contributed by atoms with E-state index in [1.807, 2.05) is 24.3 Å². The first-order valence-corrected chi connectivity index (χ1v) is 8.67. The molecular weight excluding hydrogens is 356 g/mol. The van der Waals surface area contributed by atoms with Crippen LogP contribution in [0.15, 0.2) is 58.2 Å². The number of aromatic carboxylic acids is 1. The van der Waals surface area contributed by atoms with E-state index >= 15 is 0 Å². The number of hydrogen-bond donors (Lipinski definition) is 1. The largest absolute Gasteiger partial charge is 0.497 e. The van der Waals surface area contributed by atoms with Crippen molar-refractivity contribution in [2.75, 3.05) is 7.11 Å². The van der Waals surface area contributed by atoms with Gasteiger partial charge in [0.2, 0.25) is 0 Å². The maximum absolute atomic E-state index is 11.0. The van der Waals surface area contributed by atoms with Gasteiger partial charge in [-0.15, -0.1) is 10.2 Å². The highest BCUT2D eigenvalue weighted by Gasteiger charge is 2.09. The molecule has 0 radical (unpaired) electrons. The highest BCUT2D eigenvalue weighted by Crippen LogP contribution is 2.23. The van der Waals surface area contributed by atoms with Gasteiger partial charge in [-0.2, -0.15) is 0 Å². The van der Waals surface area contributed by atoms with E-state index in [9.17, 15) is 4.79 Å². The highest BCUT2D eigenvalue weighted by atomic mass is 32.2. The quantitative estimate of drug-likeness (QED) is 0.599. The number of hydrogen-bond acceptors (Lipinski definition) is 7. The van der Waals surface area contributed by atoms with Crippen LogP contribution in [-0.2, 0) is 12.4 Å². The monoisotopic (exact) mass is 372 g/mol. The van der Waals surface area contributed by atoms with E-state index in [1.165, 1.54) is 11.8 Å². The van der Waals surface area contributed by atoms with Gasteiger partial charge in [0.15, 0.2) is 6.61 Å². The Kier molecular flexibility index (Phi) is 5.75. The molecule has 8 heteroatoms. The van der Waals surface area contributed by atoms with Crippen LogP contribution in [0.1, 0.15) is 21.8 Å². The molecule has 0 spiro atoms. The smallest absolute Gasteiger partial charge is 0.335 e. The third kappa shape index (κ3) is 4.76. The molecule has 0 saturated heterocycles. The number of nitrogens with zero attached hydrogens (tertiary/aromatic N) is 2. The van der Waals surface area contributed by atoms with Crippen molar-refractivity contribution < 1.29 is 23.8 Å². The number of ether oxygens (including phenoxy) is 2. The van der Waals surface area contributed by atoms with Crippen LogP contribution in [0.25, 0.3) is 0 Å². The van der Waals surface area contributed by atoms with Crippen LogP contribution in [0.2, 0.25) is 0 Å². The molecule has 0 aliphatic carbocycles. The molecule has 0 atom stereocenters. The number of aromatic nitrogens is 2. The summed E-state index contributed by atoms with van der Waals surface area (Å²) in [4.78, 5) is 11.0. The second-order valence-corrected chi connectivity index (χ2v) is 6.15. The van der Waals surface area contributed by atoms with Gasteiger partial charge in [-0.3, -0.25) is 0 Å². The standard InChI is InChI=1S/C18H16N2O5S/c1-23-14-6-3-7-15(9-14)24-10-16-19-20-18(25-16)26-11-12-4-2-5-13(8-12)17(21)22/h2-9H,10-11H2,1H3,(H,21,22). The predicted molar refractivity (Wildman–Crippen MR) is 94.6 cm³/mol. The molecule has 0 unspecified atom stereocenters. The summed E-state index contributed by atoms with van der Waals surface area (Å²) < 4.78 is 16.3. The van der Waals surface area contributed by atoms with Crippen molar-refractivity contribution in [3.05, 3.63) is 65.5 Å². The average molecular weight is 372 g/mol. The Morgan fingerprint density at radius 3 is 2.77 bits per heavy atom. The van der Waals surface area contributed by atoms with Crippen LogP contribution < -0.4 is 9.47 Å². The summed E-state index contributed by atoms with van der Waals surface area (Å²) in [6.07, 6.45) is 0. The van der Waals surface area contributed by atoms with Gasteiger partial charge in [0.05, 0.1) is 12.7 Å². The van der Waals surface area contributed by atoms with Crippen molar-refractivity contribution in [1.29, 1.82) is 0 Å². The van der Waals surface area contributed by atoms with Crippen molar-refractivity contribution in [2.45, 2.75) is 17.6 Å². The third-order valence-electron chi connectivity index (χ3n) is 3.39. The molecule has 0 amide bonds. The number of thioether (sulfide) groups is 1. The van der Waals surface area contributed by atoms with E-state index in [4.69, 9.17) is 19.0 Å². The Morgan fingerprint density at radius 2 is 1.96 bits per heavy atom. The van der Waals surface area contributed by atoms with Gasteiger partial charge in [0.25, 0.3) is 11.1 Å². The SMILES string of the molecule is COc1cccc(OCc2nnc(SCc3cccc(C(=O)O)c3)o2)c1. The normalized spacial score (nSPS) is 10.5. The van der Waals surface area contributed by atoms with Crippen molar-refractivity contribution >= 4 is 17.7 Å². The highest BCUT2D eigenvalue weighted by molar-refractivity contribution is 7.98. The van der Waals surface area contributed by atoms with E-state index in [0.717, 1.165) is 5.56 Å². The number of methoxy groups -OCH3 is 1. The fourth-order valence-corrected chi connectivity index (χ4v) is 2.85. The van der Waals surface area contributed by atoms with Crippen molar-refractivity contribution in [3.8, 4) is 11.5 Å². The van der Waals surface area contributed by atoms with Gasteiger partial charge in [0.1, 0.15) is 11.5 Å². The lowest BCUT2D eigenvalue weighted by molar-refractivity contribution is 0.0696. The van der Waals surface area contributed by atoms with Gasteiger partial charge < -0.3 is 19.0 Å². The lowest BCUT2D eigenvalue weighted by atomic mass is 10.1. The zero-order valence-electron chi connectivity index (χ0n) is 13.9. The number of carboxylic acids is 1. The molecule has 0 aliphatic heterocycles. The second kappa shape index (κ2) is 8.39. The molecule has 1 N–H and O–H groups in total. The maximum atomic E-state index is 11.0. The van der Waals surface area contributed by atoms with Crippen molar-refractivity contribution in [2.24, 2.45) is 0 Å². The molecule has 3 rings (SSSR count). The molecule has 2 aromatic carbocycles. The Hall–Kier alpha value is -3.00. The molecule has 0 bridgehead atoms. The minimum atomic E-state index is -0.952. The summed E-state index contributed by atoms with van der Waals surface area (Å²) >= 11 is 1.33. The van der Waals surface area contributed by atoms with Crippen LogP contribution in [0.5, 0.6) is 11.5 Å². The molecule has 1 heterocycles.